The molecule has 2 heterocycles. The predicted molar refractivity (Wildman–Crippen MR) is 114 cm³/mol. The molecular formula is C21H23N3O4S2. The number of sulfonamides is 1. The molecule has 2 aromatic rings. The van der Waals surface area contributed by atoms with Crippen molar-refractivity contribution in [2.24, 2.45) is 5.92 Å². The van der Waals surface area contributed by atoms with Gasteiger partial charge in [0.1, 0.15) is 11.1 Å². The number of thiophene rings is 1. The van der Waals surface area contributed by atoms with Crippen LogP contribution in [0.15, 0.2) is 29.2 Å². The van der Waals surface area contributed by atoms with Crippen LogP contribution in [0.25, 0.3) is 0 Å². The molecule has 1 aliphatic carbocycles. The van der Waals surface area contributed by atoms with Gasteiger partial charge in [-0.05, 0) is 55.0 Å². The number of aryl methyl sites for hydroxylation is 1. The van der Waals surface area contributed by atoms with E-state index in [1.165, 1.54) is 44.8 Å². The van der Waals surface area contributed by atoms with Gasteiger partial charge < -0.3 is 10.1 Å². The van der Waals surface area contributed by atoms with Crippen molar-refractivity contribution in [1.82, 2.24) is 4.31 Å². The highest BCUT2D eigenvalue weighted by molar-refractivity contribution is 7.89. The second-order valence-corrected chi connectivity index (χ2v) is 10.7. The Morgan fingerprint density at radius 1 is 1.27 bits per heavy atom. The third-order valence-corrected chi connectivity index (χ3v) is 8.69. The molecule has 1 fully saturated rings. The quantitative estimate of drug-likeness (QED) is 0.780. The van der Waals surface area contributed by atoms with Gasteiger partial charge in [0, 0.05) is 23.5 Å². The Labute approximate surface area is 180 Å². The standard InChI is InChI=1S/C21H23N3O4S2/c1-14-2-7-19-17(12-14)18(13-22)21(29-19)23-20(25)15-3-5-16(6-4-15)30(26,27)24-8-10-28-11-9-24/h3-6,14H,2,7-12H2,1H3,(H,23,25)/t14-/m1/s1. The summed E-state index contributed by atoms with van der Waals surface area (Å²) >= 11 is 1.47. The minimum Gasteiger partial charge on any atom is -0.379 e. The number of nitrogens with one attached hydrogen (secondary N) is 1. The Balaban J connectivity index is 1.52. The summed E-state index contributed by atoms with van der Waals surface area (Å²) < 4.78 is 32.0. The van der Waals surface area contributed by atoms with Crippen LogP contribution in [0.4, 0.5) is 5.00 Å². The Bertz CT molecular complexity index is 1090. The SMILES string of the molecule is C[C@@H]1CCc2sc(NC(=O)c3ccc(S(=O)(=O)N4CCOCC4)cc3)c(C#N)c2C1. The number of ether oxygens (including phenoxy) is 1. The van der Waals surface area contributed by atoms with E-state index in [1.54, 1.807) is 0 Å². The van der Waals surface area contributed by atoms with Gasteiger partial charge in [0.05, 0.1) is 23.7 Å². The Kier molecular flexibility index (Phi) is 5.93. The average Bonchev–Trinajstić information content (AvgIpc) is 3.10. The summed E-state index contributed by atoms with van der Waals surface area (Å²) in [5.74, 6) is 0.178. The molecule has 1 aromatic heterocycles. The number of anilines is 1. The van der Waals surface area contributed by atoms with Crippen LogP contribution in [0.5, 0.6) is 0 Å². The van der Waals surface area contributed by atoms with E-state index in [0.29, 0.717) is 48.3 Å². The number of nitriles is 1. The van der Waals surface area contributed by atoms with Crippen molar-refractivity contribution in [3.63, 3.8) is 0 Å². The zero-order valence-electron chi connectivity index (χ0n) is 16.7. The first-order valence-electron chi connectivity index (χ1n) is 9.94. The summed E-state index contributed by atoms with van der Waals surface area (Å²) in [7, 11) is -3.60. The Hall–Kier alpha value is -2.25. The largest absolute Gasteiger partial charge is 0.379 e. The number of nitrogens with zero attached hydrogens (tertiary/aromatic N) is 2. The van der Waals surface area contributed by atoms with Gasteiger partial charge in [0.15, 0.2) is 0 Å². The fraction of sp³-hybridized carbons (Fsp3) is 0.429. The summed E-state index contributed by atoms with van der Waals surface area (Å²) in [6.45, 7) is 3.58. The summed E-state index contributed by atoms with van der Waals surface area (Å²) in [6.07, 6.45) is 2.88. The van der Waals surface area contributed by atoms with E-state index < -0.39 is 10.0 Å². The number of morpholine rings is 1. The highest BCUT2D eigenvalue weighted by atomic mass is 32.2. The summed E-state index contributed by atoms with van der Waals surface area (Å²) in [6, 6.07) is 8.16. The molecule has 158 valence electrons. The van der Waals surface area contributed by atoms with E-state index >= 15 is 0 Å². The fourth-order valence-corrected chi connectivity index (χ4v) is 6.45. The van der Waals surface area contributed by atoms with E-state index in [-0.39, 0.29) is 10.8 Å². The fourth-order valence-electron chi connectivity index (χ4n) is 3.85. The molecule has 0 spiro atoms. The molecule has 0 radical (unpaired) electrons. The van der Waals surface area contributed by atoms with Gasteiger partial charge in [0.25, 0.3) is 5.91 Å². The molecule has 30 heavy (non-hydrogen) atoms. The van der Waals surface area contributed by atoms with E-state index in [4.69, 9.17) is 4.74 Å². The molecule has 7 nitrogen and oxygen atoms in total. The van der Waals surface area contributed by atoms with Crippen LogP contribution in [-0.2, 0) is 27.6 Å². The summed E-state index contributed by atoms with van der Waals surface area (Å²) in [5.41, 5.74) is 1.96. The zero-order valence-corrected chi connectivity index (χ0v) is 18.3. The van der Waals surface area contributed by atoms with E-state index in [2.05, 4.69) is 18.3 Å². The van der Waals surface area contributed by atoms with Crippen molar-refractivity contribution >= 4 is 32.3 Å². The molecule has 0 bridgehead atoms. The van der Waals surface area contributed by atoms with Crippen molar-refractivity contribution in [1.29, 1.82) is 5.26 Å². The van der Waals surface area contributed by atoms with Gasteiger partial charge >= 0.3 is 0 Å². The van der Waals surface area contributed by atoms with Crippen molar-refractivity contribution in [2.45, 2.75) is 31.1 Å². The Morgan fingerprint density at radius 2 is 1.97 bits per heavy atom. The van der Waals surface area contributed by atoms with Crippen LogP contribution < -0.4 is 5.32 Å². The lowest BCUT2D eigenvalue weighted by Crippen LogP contribution is -2.40. The Morgan fingerprint density at radius 3 is 2.63 bits per heavy atom. The molecule has 0 saturated carbocycles. The lowest BCUT2D eigenvalue weighted by Gasteiger charge is -2.26. The number of benzene rings is 1. The molecule has 4 rings (SSSR count). The van der Waals surface area contributed by atoms with Crippen LogP contribution >= 0.6 is 11.3 Å². The molecule has 1 saturated heterocycles. The molecule has 0 unspecified atom stereocenters. The van der Waals surface area contributed by atoms with Gasteiger partial charge in [-0.15, -0.1) is 11.3 Å². The minimum absolute atomic E-state index is 0.152. The van der Waals surface area contributed by atoms with Gasteiger partial charge in [-0.25, -0.2) is 8.42 Å². The lowest BCUT2D eigenvalue weighted by atomic mass is 9.88. The topological polar surface area (TPSA) is 99.5 Å². The van der Waals surface area contributed by atoms with Gasteiger partial charge in [0.2, 0.25) is 10.0 Å². The number of rotatable bonds is 4. The lowest BCUT2D eigenvalue weighted by molar-refractivity contribution is 0.0730. The second-order valence-electron chi connectivity index (χ2n) is 7.66. The zero-order chi connectivity index (χ0) is 21.3. The average molecular weight is 446 g/mol. The van der Waals surface area contributed by atoms with Crippen molar-refractivity contribution in [3.8, 4) is 6.07 Å². The predicted octanol–water partition coefficient (Wildman–Crippen LogP) is 3.02. The van der Waals surface area contributed by atoms with Gasteiger partial charge in [-0.1, -0.05) is 6.92 Å². The number of carbonyl (C=O) groups is 1. The third-order valence-electron chi connectivity index (χ3n) is 5.57. The molecule has 1 aromatic carbocycles. The number of carbonyl (C=O) groups excluding carboxylic acids is 1. The number of fused-ring (bicyclic) bond motifs is 1. The van der Waals surface area contributed by atoms with E-state index in [0.717, 1.165) is 24.8 Å². The maximum atomic E-state index is 12.7. The smallest absolute Gasteiger partial charge is 0.256 e. The van der Waals surface area contributed by atoms with Crippen molar-refractivity contribution in [3.05, 3.63) is 45.8 Å². The molecule has 1 atom stereocenters. The number of hydrogen-bond donors (Lipinski definition) is 1. The van der Waals surface area contributed by atoms with Crippen LogP contribution in [0.2, 0.25) is 0 Å². The minimum atomic E-state index is -3.60. The molecule has 1 amide bonds. The van der Waals surface area contributed by atoms with Crippen molar-refractivity contribution in [2.75, 3.05) is 31.6 Å². The third kappa shape index (κ3) is 4.01. The first kappa shape index (κ1) is 21.0. The van der Waals surface area contributed by atoms with Gasteiger partial charge in [-0.2, -0.15) is 9.57 Å². The molecular weight excluding hydrogens is 422 g/mol. The molecule has 1 aliphatic heterocycles. The maximum Gasteiger partial charge on any atom is 0.256 e. The van der Waals surface area contributed by atoms with Crippen LogP contribution in [0.3, 0.4) is 0 Å². The molecule has 9 heteroatoms. The summed E-state index contributed by atoms with van der Waals surface area (Å²) in [5, 5.41) is 13.0. The van der Waals surface area contributed by atoms with Crippen LogP contribution in [0.1, 0.15) is 39.7 Å². The van der Waals surface area contributed by atoms with Gasteiger partial charge in [-0.3, -0.25) is 4.79 Å². The molecule has 1 N–H and O–H groups in total. The van der Waals surface area contributed by atoms with Crippen LogP contribution in [-0.4, -0.2) is 44.9 Å². The number of hydrogen-bond acceptors (Lipinski definition) is 6. The van der Waals surface area contributed by atoms with E-state index in [9.17, 15) is 18.5 Å². The highest BCUT2D eigenvalue weighted by Crippen LogP contribution is 2.39. The normalized spacial score (nSPS) is 19.7. The first-order valence-corrected chi connectivity index (χ1v) is 12.2. The maximum absolute atomic E-state index is 12.7. The van der Waals surface area contributed by atoms with E-state index in [1.807, 2.05) is 0 Å². The summed E-state index contributed by atoms with van der Waals surface area (Å²) in [4.78, 5) is 14.1. The first-order chi connectivity index (χ1) is 14.4. The van der Waals surface area contributed by atoms with Crippen LogP contribution in [0, 0.1) is 17.2 Å². The molecule has 2 aliphatic rings. The number of amides is 1. The second kappa shape index (κ2) is 8.47. The van der Waals surface area contributed by atoms with Crippen molar-refractivity contribution < 1.29 is 17.9 Å². The highest BCUT2D eigenvalue weighted by Gasteiger charge is 2.27. The monoisotopic (exact) mass is 445 g/mol.